The molecule has 2 fully saturated rings. The van der Waals surface area contributed by atoms with Crippen LogP contribution in [0.1, 0.15) is 48.8 Å². The third-order valence-corrected chi connectivity index (χ3v) is 6.09. The Morgan fingerprint density at radius 1 is 0.963 bits per heavy atom. The van der Waals surface area contributed by atoms with Gasteiger partial charge in [-0.1, -0.05) is 25.3 Å². The van der Waals surface area contributed by atoms with Gasteiger partial charge >= 0.3 is 0 Å². The Balaban J connectivity index is 1.54. The van der Waals surface area contributed by atoms with Gasteiger partial charge in [0.15, 0.2) is 0 Å². The first-order chi connectivity index (χ1) is 13.0. The third kappa shape index (κ3) is 4.63. The maximum atomic E-state index is 12.8. The number of nitrogens with zero attached hydrogens (tertiary/aromatic N) is 2. The highest BCUT2D eigenvalue weighted by atomic mass is 16.5. The monoisotopic (exact) mass is 372 g/mol. The van der Waals surface area contributed by atoms with E-state index in [0.29, 0.717) is 38.5 Å². The number of hydrogen-bond acceptors (Lipinski definition) is 3. The summed E-state index contributed by atoms with van der Waals surface area (Å²) in [5, 5.41) is 0. The van der Waals surface area contributed by atoms with Crippen molar-refractivity contribution in [2.75, 3.05) is 33.3 Å². The second kappa shape index (κ2) is 8.77. The summed E-state index contributed by atoms with van der Waals surface area (Å²) in [4.78, 5) is 29.3. The number of benzene rings is 1. The van der Waals surface area contributed by atoms with Crippen LogP contribution in [0, 0.1) is 19.8 Å². The fourth-order valence-corrected chi connectivity index (χ4v) is 4.32. The van der Waals surface area contributed by atoms with Crippen molar-refractivity contribution >= 4 is 11.8 Å². The smallest absolute Gasteiger partial charge is 0.227 e. The Labute approximate surface area is 162 Å². The van der Waals surface area contributed by atoms with Crippen LogP contribution in [-0.2, 0) is 16.0 Å². The quantitative estimate of drug-likeness (QED) is 0.816. The summed E-state index contributed by atoms with van der Waals surface area (Å²) >= 11 is 0. The highest BCUT2D eigenvalue weighted by Crippen LogP contribution is 2.26. The van der Waals surface area contributed by atoms with Gasteiger partial charge in [0.25, 0.3) is 0 Å². The fraction of sp³-hybridized carbons (Fsp3) is 0.636. The van der Waals surface area contributed by atoms with Crippen molar-refractivity contribution in [3.63, 3.8) is 0 Å². The first kappa shape index (κ1) is 19.7. The zero-order chi connectivity index (χ0) is 19.4. The number of rotatable bonds is 4. The van der Waals surface area contributed by atoms with Crippen molar-refractivity contribution < 1.29 is 14.3 Å². The van der Waals surface area contributed by atoms with Crippen LogP contribution in [0.25, 0.3) is 0 Å². The molecule has 0 unspecified atom stereocenters. The standard InChI is InChI=1S/C22H32N2O3/c1-16-14-20(27-3)17(2)13-19(16)15-21(25)23-9-11-24(12-10-23)22(26)18-7-5-4-6-8-18/h13-14,18H,4-12,15H2,1-3H3. The van der Waals surface area contributed by atoms with E-state index in [1.807, 2.05) is 29.7 Å². The highest BCUT2D eigenvalue weighted by Gasteiger charge is 2.29. The molecule has 2 aliphatic rings. The molecular weight excluding hydrogens is 340 g/mol. The van der Waals surface area contributed by atoms with E-state index in [4.69, 9.17) is 4.74 Å². The molecular formula is C22H32N2O3. The van der Waals surface area contributed by atoms with Gasteiger partial charge in [0.2, 0.25) is 11.8 Å². The molecule has 1 saturated heterocycles. The lowest BCUT2D eigenvalue weighted by Crippen LogP contribution is -2.52. The van der Waals surface area contributed by atoms with Crippen molar-refractivity contribution in [2.24, 2.45) is 5.92 Å². The summed E-state index contributed by atoms with van der Waals surface area (Å²) in [6.45, 7) is 6.65. The Morgan fingerprint density at radius 3 is 2.22 bits per heavy atom. The number of methoxy groups -OCH3 is 1. The molecule has 1 aromatic carbocycles. The maximum absolute atomic E-state index is 12.8. The molecule has 0 aromatic heterocycles. The van der Waals surface area contributed by atoms with Crippen LogP contribution in [0.3, 0.4) is 0 Å². The summed E-state index contributed by atoms with van der Waals surface area (Å²) in [6.07, 6.45) is 6.09. The topological polar surface area (TPSA) is 49.9 Å². The van der Waals surface area contributed by atoms with Crippen molar-refractivity contribution in [1.29, 1.82) is 0 Å². The lowest BCUT2D eigenvalue weighted by molar-refractivity contribution is -0.142. The normalized spacial score (nSPS) is 18.5. The Kier molecular flexibility index (Phi) is 6.40. The number of piperazine rings is 1. The zero-order valence-electron chi connectivity index (χ0n) is 16.9. The second-order valence-corrected chi connectivity index (χ2v) is 7.97. The summed E-state index contributed by atoms with van der Waals surface area (Å²) in [5.74, 6) is 1.53. The van der Waals surface area contributed by atoms with Crippen LogP contribution < -0.4 is 4.74 Å². The largest absolute Gasteiger partial charge is 0.496 e. The predicted molar refractivity (Wildman–Crippen MR) is 106 cm³/mol. The molecule has 3 rings (SSSR count). The maximum Gasteiger partial charge on any atom is 0.227 e. The number of carbonyl (C=O) groups is 2. The van der Waals surface area contributed by atoms with Gasteiger partial charge in [-0.3, -0.25) is 9.59 Å². The predicted octanol–water partition coefficient (Wildman–Crippen LogP) is 3.11. The molecule has 1 aromatic rings. The lowest BCUT2D eigenvalue weighted by Gasteiger charge is -2.37. The van der Waals surface area contributed by atoms with Crippen LogP contribution in [-0.4, -0.2) is 54.9 Å². The molecule has 0 spiro atoms. The lowest BCUT2D eigenvalue weighted by atomic mass is 9.88. The molecule has 148 valence electrons. The molecule has 5 heteroatoms. The van der Waals surface area contributed by atoms with Gasteiger partial charge < -0.3 is 14.5 Å². The van der Waals surface area contributed by atoms with Crippen LogP contribution in [0.15, 0.2) is 12.1 Å². The molecule has 2 amide bonds. The number of ether oxygens (including phenoxy) is 1. The van der Waals surface area contributed by atoms with E-state index in [1.54, 1.807) is 7.11 Å². The average molecular weight is 373 g/mol. The van der Waals surface area contributed by atoms with E-state index in [9.17, 15) is 9.59 Å². The minimum Gasteiger partial charge on any atom is -0.496 e. The van der Waals surface area contributed by atoms with E-state index in [2.05, 4.69) is 6.07 Å². The Hall–Kier alpha value is -2.04. The van der Waals surface area contributed by atoms with E-state index in [-0.39, 0.29) is 11.8 Å². The number of carbonyl (C=O) groups excluding carboxylic acids is 2. The third-order valence-electron chi connectivity index (χ3n) is 6.09. The molecule has 27 heavy (non-hydrogen) atoms. The molecule has 0 bridgehead atoms. The summed E-state index contributed by atoms with van der Waals surface area (Å²) < 4.78 is 5.35. The van der Waals surface area contributed by atoms with Crippen molar-refractivity contribution in [3.05, 3.63) is 28.8 Å². The van der Waals surface area contributed by atoms with Crippen molar-refractivity contribution in [2.45, 2.75) is 52.4 Å². The van der Waals surface area contributed by atoms with Crippen LogP contribution in [0.5, 0.6) is 5.75 Å². The van der Waals surface area contributed by atoms with Gasteiger partial charge in [0, 0.05) is 32.1 Å². The van der Waals surface area contributed by atoms with Crippen LogP contribution >= 0.6 is 0 Å². The van der Waals surface area contributed by atoms with Gasteiger partial charge in [0.05, 0.1) is 13.5 Å². The van der Waals surface area contributed by atoms with Crippen molar-refractivity contribution in [1.82, 2.24) is 9.80 Å². The molecule has 1 heterocycles. The van der Waals surface area contributed by atoms with Gasteiger partial charge in [-0.15, -0.1) is 0 Å². The van der Waals surface area contributed by atoms with Crippen LogP contribution in [0.2, 0.25) is 0 Å². The fourth-order valence-electron chi connectivity index (χ4n) is 4.32. The number of hydrogen-bond donors (Lipinski definition) is 0. The minimum atomic E-state index is 0.146. The first-order valence-electron chi connectivity index (χ1n) is 10.2. The molecule has 0 atom stereocenters. The highest BCUT2D eigenvalue weighted by molar-refractivity contribution is 5.81. The first-order valence-corrected chi connectivity index (χ1v) is 10.2. The van der Waals surface area contributed by atoms with E-state index >= 15 is 0 Å². The second-order valence-electron chi connectivity index (χ2n) is 7.97. The Bertz CT molecular complexity index is 687. The molecule has 1 aliphatic carbocycles. The van der Waals surface area contributed by atoms with Gasteiger partial charge in [0.1, 0.15) is 5.75 Å². The minimum absolute atomic E-state index is 0.146. The molecule has 0 N–H and O–H groups in total. The molecule has 0 radical (unpaired) electrons. The number of aryl methyl sites for hydroxylation is 2. The van der Waals surface area contributed by atoms with Crippen molar-refractivity contribution in [3.8, 4) is 5.75 Å². The molecule has 5 nitrogen and oxygen atoms in total. The summed E-state index contributed by atoms with van der Waals surface area (Å²) in [7, 11) is 1.67. The average Bonchev–Trinajstić information content (AvgIpc) is 2.70. The van der Waals surface area contributed by atoms with Gasteiger partial charge in [-0.05, 0) is 49.4 Å². The van der Waals surface area contributed by atoms with Gasteiger partial charge in [-0.2, -0.15) is 0 Å². The molecule has 1 aliphatic heterocycles. The zero-order valence-corrected chi connectivity index (χ0v) is 16.9. The Morgan fingerprint density at radius 2 is 1.59 bits per heavy atom. The van der Waals surface area contributed by atoms with E-state index in [1.165, 1.54) is 19.3 Å². The van der Waals surface area contributed by atoms with Crippen LogP contribution in [0.4, 0.5) is 0 Å². The van der Waals surface area contributed by atoms with Gasteiger partial charge in [-0.25, -0.2) is 0 Å². The number of amides is 2. The van der Waals surface area contributed by atoms with E-state index < -0.39 is 0 Å². The molecule has 1 saturated carbocycles. The summed E-state index contributed by atoms with van der Waals surface area (Å²) in [5.41, 5.74) is 3.18. The SMILES string of the molecule is COc1cc(C)c(CC(=O)N2CCN(C(=O)C3CCCCC3)CC2)cc1C. The summed E-state index contributed by atoms with van der Waals surface area (Å²) in [6, 6.07) is 4.05. The van der Waals surface area contributed by atoms with E-state index in [0.717, 1.165) is 35.3 Å².